The third kappa shape index (κ3) is 3.20. The Balaban J connectivity index is 3.07. The van der Waals surface area contributed by atoms with Gasteiger partial charge in [0.25, 0.3) is 0 Å². The first-order valence-corrected chi connectivity index (χ1v) is 4.89. The molecule has 0 aromatic heterocycles. The van der Waals surface area contributed by atoms with E-state index in [4.69, 9.17) is 0 Å². The highest BCUT2D eigenvalue weighted by Gasteiger charge is 2.42. The van der Waals surface area contributed by atoms with Gasteiger partial charge in [-0.2, -0.15) is 13.2 Å². The van der Waals surface area contributed by atoms with Gasteiger partial charge in [-0.3, -0.25) is 0 Å². The Kier molecular flexibility index (Phi) is 3.91. The van der Waals surface area contributed by atoms with Gasteiger partial charge in [0.15, 0.2) is 0 Å². The molecule has 0 radical (unpaired) electrons. The number of benzene rings is 1. The molecule has 0 heterocycles. The molecule has 90 valence electrons. The largest absolute Gasteiger partial charge is 0.408 e. The minimum atomic E-state index is -4.51. The summed E-state index contributed by atoms with van der Waals surface area (Å²) < 4.78 is 51.4. The number of hydrogen-bond acceptors (Lipinski definition) is 1. The molecule has 16 heavy (non-hydrogen) atoms. The summed E-state index contributed by atoms with van der Waals surface area (Å²) in [6, 6.07) is 2.57. The maximum atomic E-state index is 13.3. The Hall–Kier alpha value is -1.10. The van der Waals surface area contributed by atoms with Gasteiger partial charge in [-0.1, -0.05) is 32.0 Å². The van der Waals surface area contributed by atoms with Crippen LogP contribution in [-0.2, 0) is 0 Å². The van der Waals surface area contributed by atoms with E-state index in [9.17, 15) is 17.6 Å². The number of halogens is 4. The van der Waals surface area contributed by atoms with Gasteiger partial charge < -0.3 is 5.32 Å². The van der Waals surface area contributed by atoms with Crippen LogP contribution in [0.1, 0.15) is 25.5 Å². The number of hydrogen-bond donors (Lipinski definition) is 1. The molecule has 0 fully saturated rings. The Labute approximate surface area is 91.5 Å². The normalized spacial score (nSPS) is 14.2. The molecule has 0 bridgehead atoms. The van der Waals surface area contributed by atoms with E-state index in [-0.39, 0.29) is 11.6 Å². The van der Waals surface area contributed by atoms with Gasteiger partial charge in [-0.25, -0.2) is 4.39 Å². The predicted molar refractivity (Wildman–Crippen MR) is 53.5 cm³/mol. The van der Waals surface area contributed by atoms with Gasteiger partial charge in [0.2, 0.25) is 0 Å². The molecule has 0 aliphatic carbocycles. The molecule has 1 nitrogen and oxygen atoms in total. The quantitative estimate of drug-likeness (QED) is 0.791. The summed E-state index contributed by atoms with van der Waals surface area (Å²) in [5, 5.41) is 2.31. The Morgan fingerprint density at radius 2 is 1.69 bits per heavy atom. The SMILES string of the molecule is CC(C)N[C@@H](c1ccccc1F)C(F)(F)F. The van der Waals surface area contributed by atoms with Crippen LogP contribution in [0, 0.1) is 5.82 Å². The zero-order valence-corrected chi connectivity index (χ0v) is 8.98. The van der Waals surface area contributed by atoms with Gasteiger partial charge in [-0.15, -0.1) is 0 Å². The van der Waals surface area contributed by atoms with Gasteiger partial charge in [0, 0.05) is 11.6 Å². The second-order valence-corrected chi connectivity index (χ2v) is 3.82. The van der Waals surface area contributed by atoms with E-state index in [2.05, 4.69) is 5.32 Å². The van der Waals surface area contributed by atoms with E-state index in [1.165, 1.54) is 12.1 Å². The summed E-state index contributed by atoms with van der Waals surface area (Å²) in [7, 11) is 0. The van der Waals surface area contributed by atoms with Gasteiger partial charge >= 0.3 is 6.18 Å². The van der Waals surface area contributed by atoms with E-state index in [0.29, 0.717) is 0 Å². The summed E-state index contributed by atoms with van der Waals surface area (Å²) >= 11 is 0. The average Bonchev–Trinajstić information content (AvgIpc) is 2.13. The lowest BCUT2D eigenvalue weighted by Gasteiger charge is -2.24. The van der Waals surface area contributed by atoms with Crippen LogP contribution in [0.5, 0.6) is 0 Å². The number of nitrogens with one attached hydrogen (secondary N) is 1. The van der Waals surface area contributed by atoms with E-state index in [1.807, 2.05) is 0 Å². The van der Waals surface area contributed by atoms with E-state index in [1.54, 1.807) is 13.8 Å². The Morgan fingerprint density at radius 1 is 1.12 bits per heavy atom. The first-order valence-electron chi connectivity index (χ1n) is 4.89. The third-order valence-corrected chi connectivity index (χ3v) is 2.04. The lowest BCUT2D eigenvalue weighted by molar-refractivity contribution is -0.159. The standard InChI is InChI=1S/C11H13F4N/c1-7(2)16-10(11(13,14)15)8-5-3-4-6-9(8)12/h3-7,10,16H,1-2H3/t10-/m0/s1. The molecule has 0 aliphatic heterocycles. The first kappa shape index (κ1) is 13.0. The average molecular weight is 235 g/mol. The number of alkyl halides is 3. The lowest BCUT2D eigenvalue weighted by atomic mass is 10.1. The second kappa shape index (κ2) is 4.82. The van der Waals surface area contributed by atoms with Crippen LogP contribution >= 0.6 is 0 Å². The summed E-state index contributed by atoms with van der Waals surface area (Å²) in [6.07, 6.45) is -4.51. The molecular formula is C11H13F4N. The summed E-state index contributed by atoms with van der Waals surface area (Å²) in [5.41, 5.74) is -0.372. The smallest absolute Gasteiger partial charge is 0.300 e. The van der Waals surface area contributed by atoms with Crippen molar-refractivity contribution in [3.8, 4) is 0 Å². The summed E-state index contributed by atoms with van der Waals surface area (Å²) in [6.45, 7) is 3.17. The molecule has 5 heteroatoms. The molecule has 1 rings (SSSR count). The highest BCUT2D eigenvalue weighted by molar-refractivity contribution is 5.22. The molecule has 0 amide bonds. The molecule has 0 saturated heterocycles. The van der Waals surface area contributed by atoms with Crippen LogP contribution in [-0.4, -0.2) is 12.2 Å². The molecule has 1 aromatic rings. The highest BCUT2D eigenvalue weighted by atomic mass is 19.4. The third-order valence-electron chi connectivity index (χ3n) is 2.04. The predicted octanol–water partition coefficient (Wildman–Crippen LogP) is 3.43. The maximum absolute atomic E-state index is 13.3. The molecule has 1 atom stereocenters. The van der Waals surface area contributed by atoms with E-state index in [0.717, 1.165) is 12.1 Å². The van der Waals surface area contributed by atoms with Crippen LogP contribution < -0.4 is 5.32 Å². The minimum absolute atomic E-state index is 0.372. The lowest BCUT2D eigenvalue weighted by Crippen LogP contribution is -2.38. The Morgan fingerprint density at radius 3 is 2.12 bits per heavy atom. The van der Waals surface area contributed by atoms with Gasteiger partial charge in [-0.05, 0) is 6.07 Å². The molecule has 0 saturated carbocycles. The molecular weight excluding hydrogens is 222 g/mol. The van der Waals surface area contributed by atoms with Crippen molar-refractivity contribution >= 4 is 0 Å². The Bertz CT molecular complexity index is 346. The van der Waals surface area contributed by atoms with Crippen molar-refractivity contribution in [3.05, 3.63) is 35.6 Å². The minimum Gasteiger partial charge on any atom is -0.300 e. The van der Waals surface area contributed by atoms with Crippen molar-refractivity contribution in [1.82, 2.24) is 5.32 Å². The van der Waals surface area contributed by atoms with Crippen LogP contribution in [0.3, 0.4) is 0 Å². The summed E-state index contributed by atoms with van der Waals surface area (Å²) in [5.74, 6) is -0.849. The zero-order chi connectivity index (χ0) is 12.3. The number of rotatable bonds is 3. The summed E-state index contributed by atoms with van der Waals surface area (Å²) in [4.78, 5) is 0. The van der Waals surface area contributed by atoms with Crippen molar-refractivity contribution in [2.24, 2.45) is 0 Å². The van der Waals surface area contributed by atoms with Crippen LogP contribution in [0.15, 0.2) is 24.3 Å². The maximum Gasteiger partial charge on any atom is 0.408 e. The molecule has 0 aliphatic rings. The van der Waals surface area contributed by atoms with Crippen LogP contribution in [0.4, 0.5) is 17.6 Å². The highest BCUT2D eigenvalue weighted by Crippen LogP contribution is 2.34. The van der Waals surface area contributed by atoms with Crippen molar-refractivity contribution in [1.29, 1.82) is 0 Å². The monoisotopic (exact) mass is 235 g/mol. The van der Waals surface area contributed by atoms with Crippen molar-refractivity contribution in [2.45, 2.75) is 32.1 Å². The van der Waals surface area contributed by atoms with E-state index >= 15 is 0 Å². The fourth-order valence-corrected chi connectivity index (χ4v) is 1.40. The topological polar surface area (TPSA) is 12.0 Å². The molecule has 1 aromatic carbocycles. The van der Waals surface area contributed by atoms with Crippen molar-refractivity contribution < 1.29 is 17.6 Å². The molecule has 0 unspecified atom stereocenters. The fraction of sp³-hybridized carbons (Fsp3) is 0.455. The fourth-order valence-electron chi connectivity index (χ4n) is 1.40. The van der Waals surface area contributed by atoms with Crippen LogP contribution in [0.2, 0.25) is 0 Å². The molecule has 1 N–H and O–H groups in total. The van der Waals surface area contributed by atoms with Gasteiger partial charge in [0.1, 0.15) is 11.9 Å². The zero-order valence-electron chi connectivity index (χ0n) is 8.98. The second-order valence-electron chi connectivity index (χ2n) is 3.82. The van der Waals surface area contributed by atoms with E-state index < -0.39 is 18.0 Å². The first-order chi connectivity index (χ1) is 7.32. The van der Waals surface area contributed by atoms with Crippen LogP contribution in [0.25, 0.3) is 0 Å². The van der Waals surface area contributed by atoms with Gasteiger partial charge in [0.05, 0.1) is 0 Å². The van der Waals surface area contributed by atoms with Crippen molar-refractivity contribution in [3.63, 3.8) is 0 Å². The van der Waals surface area contributed by atoms with Crippen molar-refractivity contribution in [2.75, 3.05) is 0 Å². The molecule has 0 spiro atoms.